The Morgan fingerprint density at radius 3 is 2.48 bits per heavy atom. The van der Waals surface area contributed by atoms with Gasteiger partial charge in [-0.05, 0) is 29.8 Å². The van der Waals surface area contributed by atoms with Gasteiger partial charge in [-0.2, -0.15) is 0 Å². The van der Waals surface area contributed by atoms with Crippen LogP contribution in [-0.2, 0) is 6.54 Å². The van der Waals surface area contributed by atoms with Gasteiger partial charge in [0.1, 0.15) is 11.5 Å². The average Bonchev–Trinajstić information content (AvgIpc) is 2.72. The summed E-state index contributed by atoms with van der Waals surface area (Å²) >= 11 is 0. The summed E-state index contributed by atoms with van der Waals surface area (Å²) < 4.78 is 10.4. The van der Waals surface area contributed by atoms with E-state index in [9.17, 15) is 4.79 Å². The normalized spacial score (nSPS) is 10.1. The Morgan fingerprint density at radius 1 is 1.04 bits per heavy atom. The van der Waals surface area contributed by atoms with Crippen molar-refractivity contribution >= 4 is 11.7 Å². The molecule has 2 heterocycles. The highest BCUT2D eigenvalue weighted by Crippen LogP contribution is 2.25. The molecular weight excluding hydrogens is 344 g/mol. The van der Waals surface area contributed by atoms with Crippen LogP contribution in [0.3, 0.4) is 0 Å². The molecule has 0 fully saturated rings. The fourth-order valence-corrected chi connectivity index (χ4v) is 2.49. The molecule has 138 valence electrons. The van der Waals surface area contributed by atoms with E-state index in [-0.39, 0.29) is 6.03 Å². The van der Waals surface area contributed by atoms with Crippen LogP contribution in [-0.4, -0.2) is 30.2 Å². The zero-order valence-corrected chi connectivity index (χ0v) is 15.1. The molecule has 0 spiro atoms. The number of aromatic nitrogens is 2. The molecule has 3 aromatic rings. The topological polar surface area (TPSA) is 85.4 Å². The smallest absolute Gasteiger partial charge is 0.319 e. The first-order valence-electron chi connectivity index (χ1n) is 8.31. The van der Waals surface area contributed by atoms with E-state index >= 15 is 0 Å². The summed E-state index contributed by atoms with van der Waals surface area (Å²) in [6.07, 6.45) is 5.18. The van der Waals surface area contributed by atoms with E-state index in [1.54, 1.807) is 51.0 Å². The van der Waals surface area contributed by atoms with Gasteiger partial charge in [0.05, 0.1) is 19.9 Å². The summed E-state index contributed by atoms with van der Waals surface area (Å²) in [4.78, 5) is 20.7. The molecule has 7 heteroatoms. The molecule has 1 aromatic carbocycles. The van der Waals surface area contributed by atoms with Gasteiger partial charge in [-0.1, -0.05) is 0 Å². The Morgan fingerprint density at radius 2 is 1.81 bits per heavy atom. The first-order valence-corrected chi connectivity index (χ1v) is 8.31. The predicted octanol–water partition coefficient (Wildman–Crippen LogP) is 3.48. The first kappa shape index (κ1) is 18.2. The number of ether oxygens (including phenoxy) is 2. The molecule has 2 N–H and O–H groups in total. The van der Waals surface area contributed by atoms with Crippen molar-refractivity contribution in [2.24, 2.45) is 0 Å². The summed E-state index contributed by atoms with van der Waals surface area (Å²) in [6.45, 7) is 0.364. The highest BCUT2D eigenvalue weighted by atomic mass is 16.5. The quantitative estimate of drug-likeness (QED) is 0.699. The first-order chi connectivity index (χ1) is 13.2. The monoisotopic (exact) mass is 364 g/mol. The van der Waals surface area contributed by atoms with E-state index in [0.29, 0.717) is 23.7 Å². The van der Waals surface area contributed by atoms with Crippen molar-refractivity contribution in [3.8, 4) is 22.8 Å². The van der Waals surface area contributed by atoms with Crippen molar-refractivity contribution in [2.45, 2.75) is 6.54 Å². The van der Waals surface area contributed by atoms with Crippen LogP contribution >= 0.6 is 0 Å². The van der Waals surface area contributed by atoms with Crippen LogP contribution in [0.5, 0.6) is 11.5 Å². The highest BCUT2D eigenvalue weighted by molar-refractivity contribution is 5.89. The Bertz CT molecular complexity index is 894. The Hall–Kier alpha value is -3.61. The van der Waals surface area contributed by atoms with Gasteiger partial charge in [0.25, 0.3) is 0 Å². The lowest BCUT2D eigenvalue weighted by molar-refractivity contribution is 0.251. The maximum Gasteiger partial charge on any atom is 0.319 e. The average molecular weight is 364 g/mol. The largest absolute Gasteiger partial charge is 0.497 e. The van der Waals surface area contributed by atoms with E-state index in [1.807, 2.05) is 24.3 Å². The molecule has 0 aliphatic heterocycles. The standard InChI is InChI=1S/C20H20N4O3/c1-26-17-9-16(10-18(11-17)27-2)24-20(25)23-12-14-5-7-22-19(8-14)15-4-3-6-21-13-15/h3-11,13H,12H2,1-2H3,(H2,23,24,25). The maximum atomic E-state index is 12.2. The fourth-order valence-electron chi connectivity index (χ4n) is 2.49. The molecule has 2 aromatic heterocycles. The van der Waals surface area contributed by atoms with Crippen LogP contribution in [0.4, 0.5) is 10.5 Å². The van der Waals surface area contributed by atoms with Crippen molar-refractivity contribution in [3.63, 3.8) is 0 Å². The molecule has 3 rings (SSSR count). The molecule has 27 heavy (non-hydrogen) atoms. The Balaban J connectivity index is 1.63. The maximum absolute atomic E-state index is 12.2. The summed E-state index contributed by atoms with van der Waals surface area (Å²) in [5.41, 5.74) is 3.24. The lowest BCUT2D eigenvalue weighted by atomic mass is 10.1. The fraction of sp³-hybridized carbons (Fsp3) is 0.150. The number of pyridine rings is 2. The summed E-state index contributed by atoms with van der Waals surface area (Å²) in [5, 5.41) is 5.60. The van der Waals surface area contributed by atoms with Crippen LogP contribution in [0.15, 0.2) is 61.1 Å². The molecule has 0 aliphatic carbocycles. The summed E-state index contributed by atoms with van der Waals surface area (Å²) in [6, 6.07) is 12.4. The van der Waals surface area contributed by atoms with Gasteiger partial charge in [0.2, 0.25) is 0 Å². The number of urea groups is 1. The minimum atomic E-state index is -0.329. The molecule has 0 bridgehead atoms. The highest BCUT2D eigenvalue weighted by Gasteiger charge is 2.07. The minimum Gasteiger partial charge on any atom is -0.497 e. The predicted molar refractivity (Wildman–Crippen MR) is 103 cm³/mol. The molecule has 2 amide bonds. The summed E-state index contributed by atoms with van der Waals surface area (Å²) in [7, 11) is 3.11. The van der Waals surface area contributed by atoms with Gasteiger partial charge < -0.3 is 20.1 Å². The number of rotatable bonds is 6. The van der Waals surface area contributed by atoms with E-state index in [0.717, 1.165) is 16.8 Å². The number of nitrogens with zero attached hydrogens (tertiary/aromatic N) is 2. The number of hydrogen-bond acceptors (Lipinski definition) is 5. The lowest BCUT2D eigenvalue weighted by Gasteiger charge is -2.11. The lowest BCUT2D eigenvalue weighted by Crippen LogP contribution is -2.28. The Kier molecular flexibility index (Phi) is 5.84. The number of amides is 2. The molecular formula is C20H20N4O3. The van der Waals surface area contributed by atoms with Gasteiger partial charge in [-0.25, -0.2) is 4.79 Å². The van der Waals surface area contributed by atoms with Gasteiger partial charge in [0, 0.05) is 54.6 Å². The number of carbonyl (C=O) groups excluding carboxylic acids is 1. The zero-order valence-electron chi connectivity index (χ0n) is 15.1. The number of hydrogen-bond donors (Lipinski definition) is 2. The van der Waals surface area contributed by atoms with E-state index < -0.39 is 0 Å². The molecule has 7 nitrogen and oxygen atoms in total. The second-order valence-electron chi connectivity index (χ2n) is 5.70. The van der Waals surface area contributed by atoms with Crippen LogP contribution in [0.1, 0.15) is 5.56 Å². The van der Waals surface area contributed by atoms with Crippen molar-refractivity contribution in [1.29, 1.82) is 0 Å². The van der Waals surface area contributed by atoms with Crippen molar-refractivity contribution in [2.75, 3.05) is 19.5 Å². The zero-order chi connectivity index (χ0) is 19.1. The Labute approximate surface area is 157 Å². The van der Waals surface area contributed by atoms with Gasteiger partial charge in [-0.15, -0.1) is 0 Å². The van der Waals surface area contributed by atoms with Crippen molar-refractivity contribution in [3.05, 3.63) is 66.6 Å². The van der Waals surface area contributed by atoms with E-state index in [4.69, 9.17) is 9.47 Å². The number of nitrogens with one attached hydrogen (secondary N) is 2. The molecule has 0 radical (unpaired) electrons. The van der Waals surface area contributed by atoms with E-state index in [2.05, 4.69) is 20.6 Å². The molecule has 0 unspecified atom stereocenters. The summed E-state index contributed by atoms with van der Waals surface area (Å²) in [5.74, 6) is 1.19. The van der Waals surface area contributed by atoms with Gasteiger partial charge >= 0.3 is 6.03 Å². The van der Waals surface area contributed by atoms with Crippen LogP contribution in [0.2, 0.25) is 0 Å². The van der Waals surface area contributed by atoms with Gasteiger partial charge in [0.15, 0.2) is 0 Å². The number of benzene rings is 1. The minimum absolute atomic E-state index is 0.329. The molecule has 0 saturated carbocycles. The van der Waals surface area contributed by atoms with Crippen molar-refractivity contribution < 1.29 is 14.3 Å². The number of carbonyl (C=O) groups is 1. The SMILES string of the molecule is COc1cc(NC(=O)NCc2ccnc(-c3cccnc3)c2)cc(OC)c1. The third-order valence-electron chi connectivity index (χ3n) is 3.84. The second-order valence-corrected chi connectivity index (χ2v) is 5.70. The molecule has 0 saturated heterocycles. The third-order valence-corrected chi connectivity index (χ3v) is 3.84. The second kappa shape index (κ2) is 8.66. The van der Waals surface area contributed by atoms with E-state index in [1.165, 1.54) is 0 Å². The number of methoxy groups -OCH3 is 2. The molecule has 0 aliphatic rings. The third kappa shape index (κ3) is 4.94. The van der Waals surface area contributed by atoms with Crippen LogP contribution in [0, 0.1) is 0 Å². The number of anilines is 1. The van der Waals surface area contributed by atoms with Crippen LogP contribution < -0.4 is 20.1 Å². The molecule has 0 atom stereocenters. The van der Waals surface area contributed by atoms with Crippen LogP contribution in [0.25, 0.3) is 11.3 Å². The van der Waals surface area contributed by atoms with Crippen molar-refractivity contribution in [1.82, 2.24) is 15.3 Å². The van der Waals surface area contributed by atoms with Gasteiger partial charge in [-0.3, -0.25) is 9.97 Å².